The molecule has 0 bridgehead atoms. The number of carboxylic acids is 4. The highest BCUT2D eigenvalue weighted by Crippen LogP contribution is 2.42. The Kier molecular flexibility index (Phi) is 3.35. The van der Waals surface area contributed by atoms with Gasteiger partial charge in [0.05, 0.1) is 23.7 Å². The molecule has 1 saturated carbocycles. The normalized spacial score (nSPS) is 32.0. The van der Waals surface area contributed by atoms with E-state index >= 15 is 0 Å². The molecule has 1 aliphatic rings. The van der Waals surface area contributed by atoms with Gasteiger partial charge < -0.3 is 20.4 Å². The first-order chi connectivity index (χ1) is 7.77. The quantitative estimate of drug-likeness (QED) is 0.503. The Morgan fingerprint density at radius 1 is 0.647 bits per heavy atom. The van der Waals surface area contributed by atoms with Crippen LogP contribution in [0.1, 0.15) is 6.42 Å². The Hall–Kier alpha value is -2.12. The molecule has 0 aromatic rings. The van der Waals surface area contributed by atoms with Crippen LogP contribution in [-0.2, 0) is 19.2 Å². The third kappa shape index (κ3) is 2.19. The molecule has 0 heterocycles. The third-order valence-electron chi connectivity index (χ3n) is 2.97. The molecule has 17 heavy (non-hydrogen) atoms. The van der Waals surface area contributed by atoms with E-state index in [1.165, 1.54) is 0 Å². The van der Waals surface area contributed by atoms with Crippen molar-refractivity contribution in [2.24, 2.45) is 23.7 Å². The van der Waals surface area contributed by atoms with Crippen molar-refractivity contribution in [1.82, 2.24) is 0 Å². The van der Waals surface area contributed by atoms with Crippen LogP contribution in [0.15, 0.2) is 0 Å². The molecule has 4 atom stereocenters. The van der Waals surface area contributed by atoms with E-state index in [4.69, 9.17) is 20.4 Å². The molecule has 0 aliphatic heterocycles. The van der Waals surface area contributed by atoms with Crippen molar-refractivity contribution in [3.05, 3.63) is 0 Å². The van der Waals surface area contributed by atoms with Crippen LogP contribution in [0.2, 0.25) is 0 Å². The maximum atomic E-state index is 10.9. The highest BCUT2D eigenvalue weighted by Gasteiger charge is 2.56. The first-order valence-electron chi connectivity index (χ1n) is 4.68. The first-order valence-corrected chi connectivity index (χ1v) is 4.68. The van der Waals surface area contributed by atoms with E-state index in [2.05, 4.69) is 0 Å². The van der Waals surface area contributed by atoms with Crippen molar-refractivity contribution in [3.63, 3.8) is 0 Å². The van der Waals surface area contributed by atoms with Crippen LogP contribution in [0.5, 0.6) is 0 Å². The Labute approximate surface area is 94.5 Å². The lowest BCUT2D eigenvalue weighted by Gasteiger charge is -2.16. The predicted molar refractivity (Wildman–Crippen MR) is 49.1 cm³/mol. The zero-order chi connectivity index (χ0) is 13.3. The van der Waals surface area contributed by atoms with Gasteiger partial charge >= 0.3 is 23.9 Å². The Balaban J connectivity index is 3.17. The summed E-state index contributed by atoms with van der Waals surface area (Å²) in [7, 11) is 0. The molecule has 8 nitrogen and oxygen atoms in total. The Bertz CT molecular complexity index is 350. The summed E-state index contributed by atoms with van der Waals surface area (Å²) in [6, 6.07) is 0. The first kappa shape index (κ1) is 12.9. The second kappa shape index (κ2) is 4.40. The summed E-state index contributed by atoms with van der Waals surface area (Å²) in [4.78, 5) is 43.4. The van der Waals surface area contributed by atoms with Gasteiger partial charge in [0, 0.05) is 0 Å². The number of carboxylic acid groups (broad SMARTS) is 4. The van der Waals surface area contributed by atoms with Gasteiger partial charge in [-0.25, -0.2) is 0 Å². The molecule has 1 fully saturated rings. The van der Waals surface area contributed by atoms with Crippen molar-refractivity contribution in [2.45, 2.75) is 6.42 Å². The van der Waals surface area contributed by atoms with Gasteiger partial charge in [-0.2, -0.15) is 0 Å². The molecule has 0 amide bonds. The Morgan fingerprint density at radius 2 is 0.941 bits per heavy atom. The van der Waals surface area contributed by atoms with Crippen LogP contribution < -0.4 is 0 Å². The molecule has 0 aromatic heterocycles. The minimum absolute atomic E-state index is 0.487. The minimum atomic E-state index is -1.72. The summed E-state index contributed by atoms with van der Waals surface area (Å²) < 4.78 is 0. The average molecular weight is 246 g/mol. The van der Waals surface area contributed by atoms with Crippen molar-refractivity contribution in [1.29, 1.82) is 0 Å². The number of rotatable bonds is 4. The number of hydrogen-bond acceptors (Lipinski definition) is 4. The van der Waals surface area contributed by atoms with E-state index in [9.17, 15) is 19.2 Å². The molecular weight excluding hydrogens is 236 g/mol. The average Bonchev–Trinajstić information content (AvgIpc) is 2.56. The van der Waals surface area contributed by atoms with E-state index in [0.717, 1.165) is 0 Å². The molecule has 0 radical (unpaired) electrons. The smallest absolute Gasteiger partial charge is 0.308 e. The van der Waals surface area contributed by atoms with Crippen LogP contribution in [0.4, 0.5) is 0 Å². The largest absolute Gasteiger partial charge is 0.481 e. The van der Waals surface area contributed by atoms with Gasteiger partial charge in [0.25, 0.3) is 0 Å². The summed E-state index contributed by atoms with van der Waals surface area (Å²) in [6.07, 6.45) is -0.487. The van der Waals surface area contributed by atoms with Gasteiger partial charge in [0.2, 0.25) is 0 Å². The monoisotopic (exact) mass is 246 g/mol. The summed E-state index contributed by atoms with van der Waals surface area (Å²) in [5.41, 5.74) is 0. The van der Waals surface area contributed by atoms with E-state index in [-0.39, 0.29) is 0 Å². The van der Waals surface area contributed by atoms with Crippen LogP contribution >= 0.6 is 0 Å². The minimum Gasteiger partial charge on any atom is -0.481 e. The lowest BCUT2D eigenvalue weighted by molar-refractivity contribution is -0.160. The van der Waals surface area contributed by atoms with Crippen molar-refractivity contribution in [2.75, 3.05) is 0 Å². The lowest BCUT2D eigenvalue weighted by atomic mass is 9.87. The van der Waals surface area contributed by atoms with Gasteiger partial charge in [-0.3, -0.25) is 19.2 Å². The maximum absolute atomic E-state index is 10.9. The van der Waals surface area contributed by atoms with E-state index < -0.39 is 54.0 Å². The summed E-state index contributed by atoms with van der Waals surface area (Å²) in [5, 5.41) is 35.2. The van der Waals surface area contributed by atoms with E-state index in [0.29, 0.717) is 0 Å². The van der Waals surface area contributed by atoms with Gasteiger partial charge in [0.15, 0.2) is 0 Å². The molecule has 1 rings (SSSR count). The van der Waals surface area contributed by atoms with Gasteiger partial charge in [0.1, 0.15) is 0 Å². The maximum Gasteiger partial charge on any atom is 0.308 e. The number of aliphatic carboxylic acids is 4. The van der Waals surface area contributed by atoms with Crippen LogP contribution in [0, 0.1) is 23.7 Å². The zero-order valence-electron chi connectivity index (χ0n) is 8.44. The highest BCUT2D eigenvalue weighted by molar-refractivity contribution is 5.90. The van der Waals surface area contributed by atoms with E-state index in [1.807, 2.05) is 0 Å². The molecule has 0 spiro atoms. The molecule has 4 N–H and O–H groups in total. The molecule has 8 heteroatoms. The second-order valence-electron chi connectivity index (χ2n) is 3.85. The fourth-order valence-electron chi connectivity index (χ4n) is 2.23. The summed E-state index contributed by atoms with van der Waals surface area (Å²) in [6.45, 7) is 0. The molecule has 0 aromatic carbocycles. The molecule has 94 valence electrons. The number of carbonyl (C=O) groups is 4. The van der Waals surface area contributed by atoms with Gasteiger partial charge in [-0.15, -0.1) is 0 Å². The van der Waals surface area contributed by atoms with Crippen molar-refractivity contribution in [3.8, 4) is 0 Å². The number of hydrogen-bond donors (Lipinski definition) is 4. The Morgan fingerprint density at radius 3 is 1.12 bits per heavy atom. The highest BCUT2D eigenvalue weighted by atomic mass is 16.4. The molecule has 2 unspecified atom stereocenters. The summed E-state index contributed by atoms with van der Waals surface area (Å²) >= 11 is 0. The molecular formula is C9H10O8. The van der Waals surface area contributed by atoms with Crippen LogP contribution in [-0.4, -0.2) is 44.3 Å². The predicted octanol–water partition coefficient (Wildman–Crippen LogP) is -0.807. The topological polar surface area (TPSA) is 149 Å². The zero-order valence-corrected chi connectivity index (χ0v) is 8.44. The SMILES string of the molecule is O=C(O)C1C[C@@H](C(=O)O)[C@@H](C(=O)O)C1C(=O)O. The van der Waals surface area contributed by atoms with Crippen LogP contribution in [0.25, 0.3) is 0 Å². The molecule has 1 aliphatic carbocycles. The standard InChI is InChI=1S/C9H10O8/c10-6(11)2-1-3(7(12)13)5(9(16)17)4(2)8(14)15/h2-5H,1H2,(H,10,11)(H,12,13)(H,14,15)(H,16,17)/t2-,3?,4-,5?/m1/s1. The van der Waals surface area contributed by atoms with Crippen LogP contribution in [0.3, 0.4) is 0 Å². The fraction of sp³-hybridized carbons (Fsp3) is 0.556. The van der Waals surface area contributed by atoms with Gasteiger partial charge in [-0.1, -0.05) is 0 Å². The van der Waals surface area contributed by atoms with Crippen molar-refractivity contribution < 1.29 is 39.6 Å². The van der Waals surface area contributed by atoms with Crippen molar-refractivity contribution >= 4 is 23.9 Å². The summed E-state index contributed by atoms with van der Waals surface area (Å²) in [5.74, 6) is -12.6. The second-order valence-corrected chi connectivity index (χ2v) is 3.85. The molecule has 0 saturated heterocycles. The van der Waals surface area contributed by atoms with Gasteiger partial charge in [-0.05, 0) is 6.42 Å². The fourth-order valence-corrected chi connectivity index (χ4v) is 2.23. The van der Waals surface area contributed by atoms with E-state index in [1.54, 1.807) is 0 Å². The lowest BCUT2D eigenvalue weighted by Crippen LogP contribution is -2.35. The third-order valence-corrected chi connectivity index (χ3v) is 2.97.